The van der Waals surface area contributed by atoms with E-state index in [4.69, 9.17) is 20.8 Å². The van der Waals surface area contributed by atoms with Crippen LogP contribution in [-0.4, -0.2) is 24.3 Å². The molecule has 5 nitrogen and oxygen atoms in total. The molecule has 2 aromatic rings. The van der Waals surface area contributed by atoms with Crippen molar-refractivity contribution in [1.29, 1.82) is 0 Å². The summed E-state index contributed by atoms with van der Waals surface area (Å²) in [7, 11) is 0. The van der Waals surface area contributed by atoms with Crippen LogP contribution in [0.4, 0.5) is 0 Å². The quantitative estimate of drug-likeness (QED) is 0.700. The highest BCUT2D eigenvalue weighted by atomic mass is 35.5. The largest absolute Gasteiger partial charge is 0.455 e. The average Bonchev–Trinajstić information content (AvgIpc) is 3.12. The Labute approximate surface area is 126 Å². The summed E-state index contributed by atoms with van der Waals surface area (Å²) in [5.74, 6) is 0.380. The Bertz CT molecular complexity index is 702. The molecule has 1 amide bonds. The first kappa shape index (κ1) is 14.1. The molecule has 0 radical (unpaired) electrons. The number of carbonyl (C=O) groups is 1. The smallest absolute Gasteiger partial charge is 0.269 e. The molecule has 1 aliphatic rings. The predicted octanol–water partition coefficient (Wildman–Crippen LogP) is 3.11. The number of carbonyl (C=O) groups excluding carboxylic acids is 1. The third-order valence-electron chi connectivity index (χ3n) is 3.39. The standard InChI is InChI=1S/C15H15ClN2O3/c1-9(17-18-15(19)13-3-2-6-20-13)14-8-10-7-11(16)4-5-12(10)21-14/h4-5,7-8,13H,2-3,6H2,1H3,(H,18,19). The van der Waals surface area contributed by atoms with Crippen LogP contribution in [0.2, 0.25) is 5.02 Å². The zero-order chi connectivity index (χ0) is 14.8. The van der Waals surface area contributed by atoms with E-state index in [1.807, 2.05) is 12.1 Å². The summed E-state index contributed by atoms with van der Waals surface area (Å²) in [5, 5.41) is 5.62. The molecule has 1 fully saturated rings. The second-order valence-corrected chi connectivity index (χ2v) is 5.40. The molecule has 1 aromatic heterocycles. The molecule has 0 bridgehead atoms. The monoisotopic (exact) mass is 306 g/mol. The lowest BCUT2D eigenvalue weighted by Crippen LogP contribution is -2.31. The zero-order valence-corrected chi connectivity index (χ0v) is 12.3. The minimum absolute atomic E-state index is 0.217. The molecule has 0 spiro atoms. The number of furan rings is 1. The fourth-order valence-electron chi connectivity index (χ4n) is 2.24. The molecule has 1 aliphatic heterocycles. The topological polar surface area (TPSA) is 63.8 Å². The van der Waals surface area contributed by atoms with Gasteiger partial charge >= 0.3 is 0 Å². The summed E-state index contributed by atoms with van der Waals surface area (Å²) in [4.78, 5) is 11.8. The van der Waals surface area contributed by atoms with Crippen molar-refractivity contribution in [3.63, 3.8) is 0 Å². The van der Waals surface area contributed by atoms with E-state index in [0.717, 1.165) is 23.8 Å². The first-order chi connectivity index (χ1) is 10.1. The highest BCUT2D eigenvalue weighted by Gasteiger charge is 2.23. The van der Waals surface area contributed by atoms with Crippen molar-refractivity contribution in [1.82, 2.24) is 5.43 Å². The molecule has 0 saturated carbocycles. The normalized spacial score (nSPS) is 19.1. The van der Waals surface area contributed by atoms with Gasteiger partial charge in [-0.3, -0.25) is 4.79 Å². The predicted molar refractivity (Wildman–Crippen MR) is 80.6 cm³/mol. The van der Waals surface area contributed by atoms with Crippen LogP contribution < -0.4 is 5.43 Å². The number of hydrazone groups is 1. The molecule has 6 heteroatoms. The molecular weight excluding hydrogens is 292 g/mol. The molecule has 3 rings (SSSR count). The van der Waals surface area contributed by atoms with Gasteiger partial charge in [-0.1, -0.05) is 11.6 Å². The number of amides is 1. The Kier molecular flexibility index (Phi) is 3.94. The fraction of sp³-hybridized carbons (Fsp3) is 0.333. The molecular formula is C15H15ClN2O3. The Morgan fingerprint density at radius 2 is 2.29 bits per heavy atom. The first-order valence-corrected chi connectivity index (χ1v) is 7.16. The second kappa shape index (κ2) is 5.87. The van der Waals surface area contributed by atoms with Crippen LogP contribution in [0.3, 0.4) is 0 Å². The number of nitrogens with one attached hydrogen (secondary N) is 1. The Hall–Kier alpha value is -1.85. The lowest BCUT2D eigenvalue weighted by molar-refractivity contribution is -0.130. The molecule has 110 valence electrons. The number of hydrogen-bond acceptors (Lipinski definition) is 4. The van der Waals surface area contributed by atoms with Gasteiger partial charge in [0.2, 0.25) is 0 Å². The summed E-state index contributed by atoms with van der Waals surface area (Å²) in [6.45, 7) is 2.40. The number of rotatable bonds is 3. The molecule has 0 aliphatic carbocycles. The van der Waals surface area contributed by atoms with Crippen LogP contribution >= 0.6 is 11.6 Å². The van der Waals surface area contributed by atoms with Crippen LogP contribution in [0, 0.1) is 0 Å². The lowest BCUT2D eigenvalue weighted by Gasteiger charge is -2.06. The van der Waals surface area contributed by atoms with Gasteiger partial charge in [-0.25, -0.2) is 5.43 Å². The van der Waals surface area contributed by atoms with Crippen LogP contribution in [0.15, 0.2) is 33.8 Å². The Morgan fingerprint density at radius 1 is 1.43 bits per heavy atom. The zero-order valence-electron chi connectivity index (χ0n) is 11.6. The lowest BCUT2D eigenvalue weighted by atomic mass is 10.2. The van der Waals surface area contributed by atoms with E-state index in [1.54, 1.807) is 19.1 Å². The molecule has 1 aromatic carbocycles. The third-order valence-corrected chi connectivity index (χ3v) is 3.63. The minimum Gasteiger partial charge on any atom is -0.455 e. The van der Waals surface area contributed by atoms with Gasteiger partial charge in [-0.15, -0.1) is 0 Å². The maximum atomic E-state index is 11.8. The summed E-state index contributed by atoms with van der Waals surface area (Å²) < 4.78 is 11.0. The van der Waals surface area contributed by atoms with Gasteiger partial charge in [-0.2, -0.15) is 5.10 Å². The van der Waals surface area contributed by atoms with Gasteiger partial charge in [0, 0.05) is 17.0 Å². The fourth-order valence-corrected chi connectivity index (χ4v) is 2.42. The van der Waals surface area contributed by atoms with E-state index in [2.05, 4.69) is 10.5 Å². The van der Waals surface area contributed by atoms with E-state index >= 15 is 0 Å². The maximum Gasteiger partial charge on any atom is 0.269 e. The van der Waals surface area contributed by atoms with E-state index in [-0.39, 0.29) is 5.91 Å². The highest BCUT2D eigenvalue weighted by molar-refractivity contribution is 6.31. The van der Waals surface area contributed by atoms with Crippen LogP contribution in [-0.2, 0) is 9.53 Å². The Balaban J connectivity index is 1.74. The van der Waals surface area contributed by atoms with Gasteiger partial charge in [0.05, 0.1) is 0 Å². The molecule has 2 heterocycles. The summed E-state index contributed by atoms with van der Waals surface area (Å²) in [6.07, 6.45) is 1.25. The molecule has 1 atom stereocenters. The number of nitrogens with zero attached hydrogens (tertiary/aromatic N) is 1. The van der Waals surface area contributed by atoms with E-state index in [9.17, 15) is 4.79 Å². The van der Waals surface area contributed by atoms with Gasteiger partial charge in [0.25, 0.3) is 5.91 Å². The number of hydrogen-bond donors (Lipinski definition) is 1. The Morgan fingerprint density at radius 3 is 3.05 bits per heavy atom. The van der Waals surface area contributed by atoms with E-state index in [1.165, 1.54) is 0 Å². The number of fused-ring (bicyclic) bond motifs is 1. The SMILES string of the molecule is CC(=NNC(=O)C1CCCO1)c1cc2cc(Cl)ccc2o1. The van der Waals surface area contributed by atoms with Crippen molar-refractivity contribution in [2.24, 2.45) is 5.10 Å². The molecule has 1 unspecified atom stereocenters. The summed E-state index contributed by atoms with van der Waals surface area (Å²) in [6, 6.07) is 7.24. The van der Waals surface area contributed by atoms with E-state index < -0.39 is 6.10 Å². The number of benzene rings is 1. The summed E-state index contributed by atoms with van der Waals surface area (Å²) in [5.41, 5.74) is 3.84. The van der Waals surface area contributed by atoms with Gasteiger partial charge in [0.1, 0.15) is 17.4 Å². The summed E-state index contributed by atoms with van der Waals surface area (Å²) >= 11 is 5.94. The van der Waals surface area contributed by atoms with Crippen LogP contribution in [0.1, 0.15) is 25.5 Å². The van der Waals surface area contributed by atoms with Crippen molar-refractivity contribution in [3.05, 3.63) is 35.0 Å². The molecule has 1 N–H and O–H groups in total. The van der Waals surface area contributed by atoms with Gasteiger partial charge in [0.15, 0.2) is 5.76 Å². The van der Waals surface area contributed by atoms with Crippen molar-refractivity contribution >= 4 is 34.2 Å². The van der Waals surface area contributed by atoms with Crippen molar-refractivity contribution in [3.8, 4) is 0 Å². The maximum absolute atomic E-state index is 11.8. The van der Waals surface area contributed by atoms with Gasteiger partial charge in [-0.05, 0) is 44.0 Å². The van der Waals surface area contributed by atoms with Crippen molar-refractivity contribution < 1.29 is 13.9 Å². The van der Waals surface area contributed by atoms with Gasteiger partial charge < -0.3 is 9.15 Å². The van der Waals surface area contributed by atoms with Crippen LogP contribution in [0.25, 0.3) is 11.0 Å². The van der Waals surface area contributed by atoms with Crippen LogP contribution in [0.5, 0.6) is 0 Å². The third kappa shape index (κ3) is 3.09. The molecule has 21 heavy (non-hydrogen) atoms. The number of halogens is 1. The van der Waals surface area contributed by atoms with Crippen molar-refractivity contribution in [2.45, 2.75) is 25.9 Å². The average molecular weight is 307 g/mol. The molecule has 1 saturated heterocycles. The minimum atomic E-state index is -0.393. The highest BCUT2D eigenvalue weighted by Crippen LogP contribution is 2.23. The second-order valence-electron chi connectivity index (χ2n) is 4.97. The van der Waals surface area contributed by atoms with Crippen molar-refractivity contribution in [2.75, 3.05) is 6.61 Å². The van der Waals surface area contributed by atoms with E-state index in [0.29, 0.717) is 23.1 Å². The first-order valence-electron chi connectivity index (χ1n) is 6.79. The number of ether oxygens (including phenoxy) is 1.